The molecule has 0 aliphatic carbocycles. The number of aryl methyl sites for hydroxylation is 1. The molecule has 8 nitrogen and oxygen atoms in total. The number of carbonyl (C=O) groups excluding carboxylic acids is 2. The van der Waals surface area contributed by atoms with Crippen LogP contribution in [0.4, 0.5) is 0 Å². The molecule has 3 aromatic rings. The third-order valence-electron chi connectivity index (χ3n) is 4.76. The van der Waals surface area contributed by atoms with Gasteiger partial charge in [-0.1, -0.05) is 30.0 Å². The van der Waals surface area contributed by atoms with Crippen LogP contribution in [0.15, 0.2) is 40.9 Å². The molecule has 0 radical (unpaired) electrons. The minimum absolute atomic E-state index is 0.123. The Morgan fingerprint density at radius 2 is 2.13 bits per heavy atom. The number of aromatic nitrogens is 4. The van der Waals surface area contributed by atoms with Crippen LogP contribution in [-0.4, -0.2) is 44.1 Å². The Labute approximate surface area is 182 Å². The van der Waals surface area contributed by atoms with E-state index in [1.165, 1.54) is 23.1 Å². The van der Waals surface area contributed by atoms with Crippen molar-refractivity contribution < 1.29 is 9.59 Å². The average molecular weight is 443 g/mol. The topological polar surface area (TPSA) is 102 Å². The fraction of sp³-hybridized carbons (Fsp3) is 0.350. The van der Waals surface area contributed by atoms with Gasteiger partial charge in [-0.2, -0.15) is 0 Å². The molecule has 2 amide bonds. The molecule has 2 aromatic heterocycles. The van der Waals surface area contributed by atoms with Gasteiger partial charge in [-0.25, -0.2) is 4.98 Å². The van der Waals surface area contributed by atoms with Gasteiger partial charge in [0.15, 0.2) is 5.16 Å². The number of thioether (sulfide) groups is 1. The molecule has 30 heavy (non-hydrogen) atoms. The number of nitrogens with zero attached hydrogens (tertiary/aromatic N) is 4. The number of thiazole rings is 1. The Kier molecular flexibility index (Phi) is 6.44. The molecule has 0 spiro atoms. The van der Waals surface area contributed by atoms with Gasteiger partial charge in [-0.3, -0.25) is 14.2 Å². The van der Waals surface area contributed by atoms with Crippen LogP contribution in [0.2, 0.25) is 0 Å². The van der Waals surface area contributed by atoms with Gasteiger partial charge in [0.25, 0.3) is 5.91 Å². The zero-order valence-electron chi connectivity index (χ0n) is 16.5. The van der Waals surface area contributed by atoms with E-state index in [0.717, 1.165) is 34.5 Å². The van der Waals surface area contributed by atoms with E-state index in [9.17, 15) is 9.59 Å². The number of amides is 2. The highest BCUT2D eigenvalue weighted by atomic mass is 32.2. The number of nitrogens with one attached hydrogen (secondary N) is 2. The molecule has 1 saturated heterocycles. The van der Waals surface area contributed by atoms with Crippen LogP contribution >= 0.6 is 23.1 Å². The van der Waals surface area contributed by atoms with Gasteiger partial charge in [0.2, 0.25) is 5.91 Å². The average Bonchev–Trinajstić information content (AvgIpc) is 3.32. The van der Waals surface area contributed by atoms with Crippen molar-refractivity contribution in [2.45, 2.75) is 43.1 Å². The summed E-state index contributed by atoms with van der Waals surface area (Å²) in [6.45, 7) is 2.58. The number of benzene rings is 1. The van der Waals surface area contributed by atoms with Gasteiger partial charge in [0.05, 0.1) is 5.75 Å². The number of carbonyl (C=O) groups is 2. The van der Waals surface area contributed by atoms with E-state index in [1.807, 2.05) is 41.8 Å². The summed E-state index contributed by atoms with van der Waals surface area (Å²) in [7, 11) is 0. The molecule has 0 saturated carbocycles. The number of hydrogen-bond acceptors (Lipinski definition) is 7. The van der Waals surface area contributed by atoms with Crippen LogP contribution in [0.3, 0.4) is 0 Å². The van der Waals surface area contributed by atoms with E-state index in [2.05, 4.69) is 25.8 Å². The van der Waals surface area contributed by atoms with Crippen molar-refractivity contribution in [2.24, 2.45) is 0 Å². The monoisotopic (exact) mass is 442 g/mol. The van der Waals surface area contributed by atoms with Gasteiger partial charge >= 0.3 is 0 Å². The Balaban J connectivity index is 1.40. The quantitative estimate of drug-likeness (QED) is 0.569. The first kappa shape index (κ1) is 20.5. The lowest BCUT2D eigenvalue weighted by Crippen LogP contribution is -2.45. The zero-order chi connectivity index (χ0) is 20.9. The predicted octanol–water partition coefficient (Wildman–Crippen LogP) is 2.72. The molecule has 10 heteroatoms. The highest BCUT2D eigenvalue weighted by Gasteiger charge is 2.24. The van der Waals surface area contributed by atoms with Gasteiger partial charge in [-0.05, 0) is 38.3 Å². The molecule has 1 unspecified atom stereocenters. The molecular weight excluding hydrogens is 420 g/mol. The Morgan fingerprint density at radius 1 is 1.30 bits per heavy atom. The molecule has 1 fully saturated rings. The van der Waals surface area contributed by atoms with Crippen molar-refractivity contribution in [1.29, 1.82) is 0 Å². The Hall–Kier alpha value is -2.72. The molecule has 2 N–H and O–H groups in total. The maximum atomic E-state index is 12.5. The lowest BCUT2D eigenvalue weighted by molar-refractivity contribution is -0.122. The van der Waals surface area contributed by atoms with Gasteiger partial charge in [0, 0.05) is 17.6 Å². The summed E-state index contributed by atoms with van der Waals surface area (Å²) in [5.41, 5.74) is 1.34. The van der Waals surface area contributed by atoms with Gasteiger partial charge in [0.1, 0.15) is 22.6 Å². The smallest absolute Gasteiger partial charge is 0.271 e. The summed E-state index contributed by atoms with van der Waals surface area (Å²) in [6, 6.07) is 9.45. The second kappa shape index (κ2) is 9.40. The van der Waals surface area contributed by atoms with E-state index in [4.69, 9.17) is 0 Å². The molecule has 1 atom stereocenters. The summed E-state index contributed by atoms with van der Waals surface area (Å²) in [6.07, 6.45) is 2.49. The Bertz CT molecular complexity index is 1030. The lowest BCUT2D eigenvalue weighted by Gasteiger charge is -2.14. The van der Waals surface area contributed by atoms with Crippen LogP contribution < -0.4 is 10.6 Å². The fourth-order valence-electron chi connectivity index (χ4n) is 3.23. The van der Waals surface area contributed by atoms with E-state index in [0.29, 0.717) is 24.4 Å². The molecular formula is C20H22N6O2S2. The highest BCUT2D eigenvalue weighted by molar-refractivity contribution is 7.98. The van der Waals surface area contributed by atoms with Crippen molar-refractivity contribution >= 4 is 34.9 Å². The van der Waals surface area contributed by atoms with Crippen molar-refractivity contribution in [3.8, 4) is 5.69 Å². The predicted molar refractivity (Wildman–Crippen MR) is 116 cm³/mol. The first-order chi connectivity index (χ1) is 14.6. The molecule has 1 aliphatic heterocycles. The van der Waals surface area contributed by atoms with Crippen molar-refractivity contribution in [3.63, 3.8) is 0 Å². The normalized spacial score (nSPS) is 16.7. The van der Waals surface area contributed by atoms with Crippen molar-refractivity contribution in [3.05, 3.63) is 52.2 Å². The van der Waals surface area contributed by atoms with Crippen molar-refractivity contribution in [2.75, 3.05) is 6.54 Å². The Morgan fingerprint density at radius 3 is 2.97 bits per heavy atom. The summed E-state index contributed by atoms with van der Waals surface area (Å²) in [4.78, 5) is 29.0. The van der Waals surface area contributed by atoms with Crippen LogP contribution in [0.5, 0.6) is 0 Å². The minimum atomic E-state index is -0.494. The second-order valence-corrected chi connectivity index (χ2v) is 8.81. The molecule has 1 aromatic carbocycles. The van der Waals surface area contributed by atoms with E-state index in [-0.39, 0.29) is 11.8 Å². The largest absolute Gasteiger partial charge is 0.354 e. The lowest BCUT2D eigenvalue weighted by atomic mass is 10.1. The third kappa shape index (κ3) is 4.71. The van der Waals surface area contributed by atoms with Crippen LogP contribution in [0.1, 0.15) is 40.6 Å². The van der Waals surface area contributed by atoms with Gasteiger partial charge < -0.3 is 10.6 Å². The maximum Gasteiger partial charge on any atom is 0.271 e. The second-order valence-electron chi connectivity index (χ2n) is 6.93. The van der Waals surface area contributed by atoms with E-state index < -0.39 is 6.04 Å². The first-order valence-corrected chi connectivity index (χ1v) is 11.6. The first-order valence-electron chi connectivity index (χ1n) is 9.75. The standard InChI is InChI=1S/C20H22N6O2S2/c1-13-24-25-20(26(13)14-7-3-2-4-8-14)30-12-17-22-16(11-29-17)19(28)23-15-9-5-6-10-21-18(15)27/h2-4,7-8,11,15H,5-6,9-10,12H2,1H3,(H,21,27)(H,23,28). The van der Waals surface area contributed by atoms with Crippen LogP contribution in [-0.2, 0) is 10.5 Å². The molecule has 3 heterocycles. The summed E-state index contributed by atoms with van der Waals surface area (Å²) in [5.74, 6) is 0.951. The maximum absolute atomic E-state index is 12.5. The summed E-state index contributed by atoms with van der Waals surface area (Å²) in [5, 5.41) is 17.4. The van der Waals surface area contributed by atoms with Crippen LogP contribution in [0.25, 0.3) is 5.69 Å². The van der Waals surface area contributed by atoms with E-state index in [1.54, 1.807) is 5.38 Å². The van der Waals surface area contributed by atoms with Crippen LogP contribution in [0, 0.1) is 6.92 Å². The van der Waals surface area contributed by atoms with Crippen molar-refractivity contribution in [1.82, 2.24) is 30.4 Å². The molecule has 1 aliphatic rings. The minimum Gasteiger partial charge on any atom is -0.354 e. The molecule has 0 bridgehead atoms. The van der Waals surface area contributed by atoms with Gasteiger partial charge in [-0.15, -0.1) is 21.5 Å². The number of hydrogen-bond donors (Lipinski definition) is 2. The number of para-hydroxylation sites is 1. The zero-order valence-corrected chi connectivity index (χ0v) is 18.1. The highest BCUT2D eigenvalue weighted by Crippen LogP contribution is 2.26. The summed E-state index contributed by atoms with van der Waals surface area (Å²) >= 11 is 2.94. The third-order valence-corrected chi connectivity index (χ3v) is 6.73. The summed E-state index contributed by atoms with van der Waals surface area (Å²) < 4.78 is 2.00. The molecule has 4 rings (SSSR count). The van der Waals surface area contributed by atoms with E-state index >= 15 is 0 Å². The SMILES string of the molecule is Cc1nnc(SCc2nc(C(=O)NC3CCCCNC3=O)cs2)n1-c1ccccc1. The molecule has 156 valence electrons. The fourth-order valence-corrected chi connectivity index (χ4v) is 5.02. The number of rotatable bonds is 6.